The summed E-state index contributed by atoms with van der Waals surface area (Å²) in [6, 6.07) is 11.1. The molecule has 1 N–H and O–H groups in total. The highest BCUT2D eigenvalue weighted by molar-refractivity contribution is 5.81. The van der Waals surface area contributed by atoms with Crippen molar-refractivity contribution in [3.63, 3.8) is 0 Å². The molecular formula is C13H12F3N3O. The van der Waals surface area contributed by atoms with E-state index in [0.29, 0.717) is 12.2 Å². The van der Waals surface area contributed by atoms with E-state index in [1.807, 2.05) is 30.3 Å². The zero-order chi connectivity index (χ0) is 14.6. The highest BCUT2D eigenvalue weighted by Crippen LogP contribution is 2.14. The highest BCUT2D eigenvalue weighted by Gasteiger charge is 2.38. The van der Waals surface area contributed by atoms with E-state index in [-0.39, 0.29) is 6.54 Å². The minimum absolute atomic E-state index is 0.250. The Kier molecular flexibility index (Phi) is 4.07. The van der Waals surface area contributed by atoms with Crippen LogP contribution in [0.5, 0.6) is 0 Å². The van der Waals surface area contributed by atoms with Crippen LogP contribution in [-0.4, -0.2) is 21.9 Å². The molecule has 0 atom stereocenters. The Labute approximate surface area is 113 Å². The standard InChI is InChI=1S/C13H12F3N3O/c14-13(15,16)12(20)17-8-11-6-7-19(18-11)9-10-4-2-1-3-5-10/h1-7H,8-9H2,(H,17,20). The van der Waals surface area contributed by atoms with Crippen LogP contribution in [0.1, 0.15) is 11.3 Å². The SMILES string of the molecule is O=C(NCc1ccn(Cc2ccccc2)n1)C(F)(F)F. The molecule has 1 aromatic carbocycles. The molecule has 0 unspecified atom stereocenters. The van der Waals surface area contributed by atoms with Gasteiger partial charge in [0.2, 0.25) is 0 Å². The van der Waals surface area contributed by atoms with E-state index in [9.17, 15) is 18.0 Å². The van der Waals surface area contributed by atoms with Crippen molar-refractivity contribution in [2.45, 2.75) is 19.3 Å². The summed E-state index contributed by atoms with van der Waals surface area (Å²) in [7, 11) is 0. The van der Waals surface area contributed by atoms with Crippen LogP contribution >= 0.6 is 0 Å². The van der Waals surface area contributed by atoms with Gasteiger partial charge in [-0.15, -0.1) is 0 Å². The summed E-state index contributed by atoms with van der Waals surface area (Å²) in [5.74, 6) is -1.96. The molecule has 0 saturated heterocycles. The van der Waals surface area contributed by atoms with Crippen molar-refractivity contribution in [2.24, 2.45) is 0 Å². The maximum atomic E-state index is 12.0. The number of rotatable bonds is 4. The molecule has 0 saturated carbocycles. The van der Waals surface area contributed by atoms with Gasteiger partial charge in [0.1, 0.15) is 0 Å². The van der Waals surface area contributed by atoms with Crippen molar-refractivity contribution in [3.8, 4) is 0 Å². The van der Waals surface area contributed by atoms with Crippen LogP contribution in [0, 0.1) is 0 Å². The van der Waals surface area contributed by atoms with Crippen molar-refractivity contribution in [3.05, 3.63) is 53.9 Å². The molecule has 0 spiro atoms. The number of carbonyl (C=O) groups is 1. The summed E-state index contributed by atoms with van der Waals surface area (Å²) in [6.45, 7) is 0.272. The molecule has 1 amide bonds. The number of halogens is 3. The van der Waals surface area contributed by atoms with Crippen LogP contribution in [0.25, 0.3) is 0 Å². The maximum Gasteiger partial charge on any atom is 0.471 e. The summed E-state index contributed by atoms with van der Waals surface area (Å²) >= 11 is 0. The Morgan fingerprint density at radius 1 is 1.20 bits per heavy atom. The Bertz CT molecular complexity index is 578. The van der Waals surface area contributed by atoms with E-state index in [4.69, 9.17) is 0 Å². The van der Waals surface area contributed by atoms with Crippen molar-refractivity contribution < 1.29 is 18.0 Å². The molecule has 4 nitrogen and oxygen atoms in total. The molecule has 0 aliphatic carbocycles. The molecule has 2 rings (SSSR count). The van der Waals surface area contributed by atoms with Gasteiger partial charge >= 0.3 is 12.1 Å². The lowest BCUT2D eigenvalue weighted by molar-refractivity contribution is -0.173. The Hall–Kier alpha value is -2.31. The van der Waals surface area contributed by atoms with Crippen molar-refractivity contribution >= 4 is 5.91 Å². The number of carbonyl (C=O) groups excluding carboxylic acids is 1. The van der Waals surface area contributed by atoms with E-state index < -0.39 is 12.1 Å². The lowest BCUT2D eigenvalue weighted by Crippen LogP contribution is -2.36. The number of amides is 1. The second kappa shape index (κ2) is 5.77. The van der Waals surface area contributed by atoms with E-state index in [1.165, 1.54) is 0 Å². The fraction of sp³-hybridized carbons (Fsp3) is 0.231. The molecule has 1 heterocycles. The van der Waals surface area contributed by atoms with Gasteiger partial charge in [-0.1, -0.05) is 30.3 Å². The number of aromatic nitrogens is 2. The molecule has 7 heteroatoms. The predicted octanol–water partition coefficient (Wildman–Crippen LogP) is 2.11. The Morgan fingerprint density at radius 3 is 2.55 bits per heavy atom. The monoisotopic (exact) mass is 283 g/mol. The highest BCUT2D eigenvalue weighted by atomic mass is 19.4. The van der Waals surface area contributed by atoms with Crippen molar-refractivity contribution in [2.75, 3.05) is 0 Å². The number of benzene rings is 1. The van der Waals surface area contributed by atoms with Gasteiger partial charge < -0.3 is 5.32 Å². The zero-order valence-electron chi connectivity index (χ0n) is 10.4. The third kappa shape index (κ3) is 3.84. The number of hydrogen-bond acceptors (Lipinski definition) is 2. The first kappa shape index (κ1) is 14.1. The molecule has 0 bridgehead atoms. The minimum Gasteiger partial charge on any atom is -0.343 e. The van der Waals surface area contributed by atoms with Gasteiger partial charge in [0.25, 0.3) is 0 Å². The fourth-order valence-electron chi connectivity index (χ4n) is 1.63. The topological polar surface area (TPSA) is 46.9 Å². The first-order valence-electron chi connectivity index (χ1n) is 5.86. The summed E-state index contributed by atoms with van der Waals surface area (Å²) in [6.07, 6.45) is -3.21. The van der Waals surface area contributed by atoms with Gasteiger partial charge in [-0.25, -0.2) is 0 Å². The van der Waals surface area contributed by atoms with Gasteiger partial charge in [0.05, 0.1) is 18.8 Å². The molecule has 0 radical (unpaired) electrons. The maximum absolute atomic E-state index is 12.0. The van der Waals surface area contributed by atoms with Crippen molar-refractivity contribution in [1.82, 2.24) is 15.1 Å². The zero-order valence-corrected chi connectivity index (χ0v) is 10.4. The largest absolute Gasteiger partial charge is 0.471 e. The van der Waals surface area contributed by atoms with Gasteiger partial charge in [0, 0.05) is 6.20 Å². The quantitative estimate of drug-likeness (QED) is 0.934. The van der Waals surface area contributed by atoms with Crippen LogP contribution in [0.2, 0.25) is 0 Å². The van der Waals surface area contributed by atoms with E-state index in [2.05, 4.69) is 5.10 Å². The first-order chi connectivity index (χ1) is 9.45. The molecule has 1 aromatic heterocycles. The normalized spacial score (nSPS) is 11.3. The van der Waals surface area contributed by atoms with Crippen LogP contribution in [0.4, 0.5) is 13.2 Å². The van der Waals surface area contributed by atoms with E-state index in [0.717, 1.165) is 5.56 Å². The lowest BCUT2D eigenvalue weighted by atomic mass is 10.2. The van der Waals surface area contributed by atoms with Gasteiger partial charge in [-0.3, -0.25) is 9.48 Å². The third-order valence-corrected chi connectivity index (χ3v) is 2.57. The van der Waals surface area contributed by atoms with Crippen LogP contribution in [0.3, 0.4) is 0 Å². The lowest BCUT2D eigenvalue weighted by Gasteiger charge is -2.06. The van der Waals surface area contributed by atoms with Gasteiger partial charge in [-0.2, -0.15) is 18.3 Å². The Morgan fingerprint density at radius 2 is 1.90 bits per heavy atom. The van der Waals surface area contributed by atoms with Gasteiger partial charge in [-0.05, 0) is 11.6 Å². The van der Waals surface area contributed by atoms with E-state index in [1.54, 1.807) is 22.3 Å². The summed E-state index contributed by atoms with van der Waals surface area (Å²) < 4.78 is 37.6. The smallest absolute Gasteiger partial charge is 0.343 e. The number of nitrogens with one attached hydrogen (secondary N) is 1. The predicted molar refractivity (Wildman–Crippen MR) is 65.7 cm³/mol. The Balaban J connectivity index is 1.91. The molecule has 106 valence electrons. The fourth-order valence-corrected chi connectivity index (χ4v) is 1.63. The molecule has 0 aliphatic heterocycles. The molecule has 2 aromatic rings. The molecule has 0 aliphatic rings. The summed E-state index contributed by atoms with van der Waals surface area (Å²) in [5.41, 5.74) is 1.40. The third-order valence-electron chi connectivity index (χ3n) is 2.57. The second-order valence-corrected chi connectivity index (χ2v) is 4.17. The summed E-state index contributed by atoms with van der Waals surface area (Å²) in [5, 5.41) is 5.87. The number of hydrogen-bond donors (Lipinski definition) is 1. The molecule has 0 fully saturated rings. The second-order valence-electron chi connectivity index (χ2n) is 4.17. The first-order valence-corrected chi connectivity index (χ1v) is 5.86. The molecule has 20 heavy (non-hydrogen) atoms. The number of nitrogens with zero attached hydrogens (tertiary/aromatic N) is 2. The average Bonchev–Trinajstić information content (AvgIpc) is 2.83. The number of alkyl halides is 3. The van der Waals surface area contributed by atoms with Crippen molar-refractivity contribution in [1.29, 1.82) is 0 Å². The van der Waals surface area contributed by atoms with Crippen LogP contribution < -0.4 is 5.32 Å². The minimum atomic E-state index is -4.87. The molecular weight excluding hydrogens is 271 g/mol. The van der Waals surface area contributed by atoms with Crippen LogP contribution in [0.15, 0.2) is 42.6 Å². The summed E-state index contributed by atoms with van der Waals surface area (Å²) in [4.78, 5) is 10.7. The van der Waals surface area contributed by atoms with Gasteiger partial charge in [0.15, 0.2) is 0 Å². The van der Waals surface area contributed by atoms with E-state index >= 15 is 0 Å². The van der Waals surface area contributed by atoms with Crippen LogP contribution in [-0.2, 0) is 17.9 Å². The average molecular weight is 283 g/mol.